The first-order chi connectivity index (χ1) is 12.9. The summed E-state index contributed by atoms with van der Waals surface area (Å²) in [6.45, 7) is 5.17. The number of alkyl carbamates (subject to hydrolysis) is 1. The number of nitrogens with one attached hydrogen (secondary N) is 1. The first-order valence-corrected chi connectivity index (χ1v) is 11.3. The van der Waals surface area contributed by atoms with Crippen molar-refractivity contribution < 1.29 is 28.1 Å². The fourth-order valence-corrected chi connectivity index (χ4v) is 2.94. The largest absolute Gasteiger partial charge is 0.458 e. The minimum Gasteiger partial charge on any atom is -0.458 e. The maximum Gasteiger partial charge on any atom is 0.408 e. The van der Waals surface area contributed by atoms with E-state index in [4.69, 9.17) is 9.47 Å². The van der Waals surface area contributed by atoms with Crippen molar-refractivity contribution in [3.05, 3.63) is 35.9 Å². The molecule has 1 N–H and O–H groups in total. The van der Waals surface area contributed by atoms with E-state index in [0.29, 0.717) is 0 Å². The molecule has 0 aromatic heterocycles. The van der Waals surface area contributed by atoms with Gasteiger partial charge in [0, 0.05) is 24.3 Å². The highest BCUT2D eigenvalue weighted by atomic mass is 32.2. The number of Topliss-reactive ketones (excluding diaryl/α,β-unsaturated/α-hetero) is 1. The predicted octanol–water partition coefficient (Wildman–Crippen LogP) is 2.32. The molecule has 1 rings (SSSR count). The maximum atomic E-state index is 12.4. The Morgan fingerprint density at radius 2 is 1.75 bits per heavy atom. The molecule has 1 aromatic rings. The summed E-state index contributed by atoms with van der Waals surface area (Å²) in [5.74, 6) is -1.02. The Kier molecular flexibility index (Phi) is 8.68. The number of benzene rings is 1. The van der Waals surface area contributed by atoms with Crippen molar-refractivity contribution in [3.63, 3.8) is 0 Å². The van der Waals surface area contributed by atoms with Gasteiger partial charge in [0.2, 0.25) is 0 Å². The van der Waals surface area contributed by atoms with Gasteiger partial charge in [0.15, 0.2) is 5.78 Å². The quantitative estimate of drug-likeness (QED) is 0.521. The van der Waals surface area contributed by atoms with Crippen LogP contribution in [0, 0.1) is 0 Å². The van der Waals surface area contributed by atoms with Gasteiger partial charge in [-0.1, -0.05) is 30.3 Å². The van der Waals surface area contributed by atoms with Crippen molar-refractivity contribution >= 4 is 32.7 Å². The lowest BCUT2D eigenvalue weighted by molar-refractivity contribution is -0.157. The zero-order valence-corrected chi connectivity index (χ0v) is 17.8. The van der Waals surface area contributed by atoms with Crippen molar-refractivity contribution in [1.82, 2.24) is 5.32 Å². The fourth-order valence-electron chi connectivity index (χ4n) is 2.19. The molecule has 0 unspecified atom stereocenters. The number of rotatable bonds is 8. The Morgan fingerprint density at radius 3 is 2.29 bits per heavy atom. The average molecular weight is 412 g/mol. The zero-order valence-electron chi connectivity index (χ0n) is 17.0. The molecule has 28 heavy (non-hydrogen) atoms. The van der Waals surface area contributed by atoms with Crippen LogP contribution < -0.4 is 5.32 Å². The highest BCUT2D eigenvalue weighted by molar-refractivity contribution is 8.01. The number of hydrogen-bond donors (Lipinski definition) is 1. The molecule has 0 aliphatic carbocycles. The lowest BCUT2D eigenvalue weighted by atomic mass is 10.1. The van der Waals surface area contributed by atoms with Crippen molar-refractivity contribution in [3.8, 4) is 0 Å². The normalized spacial score (nSPS) is 12.6. The van der Waals surface area contributed by atoms with E-state index in [1.165, 1.54) is 12.5 Å². The van der Waals surface area contributed by atoms with Crippen LogP contribution in [0.1, 0.15) is 39.2 Å². The molecule has 7 nitrogen and oxygen atoms in total. The van der Waals surface area contributed by atoms with Gasteiger partial charge in [0.25, 0.3) is 0 Å². The van der Waals surface area contributed by atoms with E-state index in [2.05, 4.69) is 5.32 Å². The van der Waals surface area contributed by atoms with Crippen LogP contribution >= 0.6 is 0 Å². The predicted molar refractivity (Wildman–Crippen MR) is 110 cm³/mol. The van der Waals surface area contributed by atoms with Crippen LogP contribution in [0.3, 0.4) is 0 Å². The van der Waals surface area contributed by atoms with E-state index >= 15 is 0 Å². The molecule has 8 heteroatoms. The van der Waals surface area contributed by atoms with Crippen LogP contribution in [0.25, 0.3) is 0 Å². The Bertz CT molecular complexity index is 796. The van der Waals surface area contributed by atoms with E-state index in [1.54, 1.807) is 32.9 Å². The lowest BCUT2D eigenvalue weighted by Gasteiger charge is -2.24. The monoisotopic (exact) mass is 411 g/mol. The number of carbonyl (C=O) groups is 3. The molecule has 0 radical (unpaired) electrons. The van der Waals surface area contributed by atoms with E-state index < -0.39 is 33.2 Å². The van der Waals surface area contributed by atoms with Gasteiger partial charge in [-0.3, -0.25) is 9.00 Å². The minimum atomic E-state index is -2.34. The smallest absolute Gasteiger partial charge is 0.408 e. The van der Waals surface area contributed by atoms with Gasteiger partial charge in [-0.25, -0.2) is 9.59 Å². The van der Waals surface area contributed by atoms with Crippen LogP contribution in [-0.2, 0) is 35.2 Å². The SMILES string of the molecule is CC(C)(C)OC(=O)[C@H](CCC(=O)C=S(C)(C)=O)NC(=O)OCc1ccccc1. The number of esters is 1. The van der Waals surface area contributed by atoms with Crippen LogP contribution in [0.4, 0.5) is 4.79 Å². The summed E-state index contributed by atoms with van der Waals surface area (Å²) in [6, 6.07) is 8.05. The highest BCUT2D eigenvalue weighted by Crippen LogP contribution is 2.11. The molecule has 0 saturated heterocycles. The molecule has 0 bridgehead atoms. The van der Waals surface area contributed by atoms with Gasteiger partial charge in [0.05, 0.1) is 0 Å². The summed E-state index contributed by atoms with van der Waals surface area (Å²) in [5, 5.41) is 3.60. The fraction of sp³-hybridized carbons (Fsp3) is 0.500. The van der Waals surface area contributed by atoms with Crippen molar-refractivity contribution in [2.45, 2.75) is 51.9 Å². The van der Waals surface area contributed by atoms with Crippen LogP contribution in [0.2, 0.25) is 0 Å². The molecular weight excluding hydrogens is 382 g/mol. The molecule has 0 aliphatic heterocycles. The molecule has 0 spiro atoms. The average Bonchev–Trinajstić information content (AvgIpc) is 2.54. The second-order valence-electron chi connectivity index (χ2n) is 7.72. The van der Waals surface area contributed by atoms with E-state index in [9.17, 15) is 18.6 Å². The number of amides is 1. The van der Waals surface area contributed by atoms with Crippen molar-refractivity contribution in [1.29, 1.82) is 0 Å². The van der Waals surface area contributed by atoms with Gasteiger partial charge in [-0.2, -0.15) is 0 Å². The summed E-state index contributed by atoms with van der Waals surface area (Å²) in [5.41, 5.74) is 0.0549. The lowest BCUT2D eigenvalue weighted by Crippen LogP contribution is -2.44. The van der Waals surface area contributed by atoms with Gasteiger partial charge in [-0.05, 0) is 42.3 Å². The summed E-state index contributed by atoms with van der Waals surface area (Å²) in [7, 11) is -2.34. The molecule has 1 aromatic carbocycles. The molecule has 156 valence electrons. The van der Waals surface area contributed by atoms with Gasteiger partial charge in [0.1, 0.15) is 18.2 Å². The topological polar surface area (TPSA) is 98.8 Å². The van der Waals surface area contributed by atoms with Crippen LogP contribution in [0.15, 0.2) is 30.3 Å². The van der Waals surface area contributed by atoms with Gasteiger partial charge < -0.3 is 14.8 Å². The van der Waals surface area contributed by atoms with E-state index in [1.807, 2.05) is 18.2 Å². The molecular formula is C20H29NO6S. The Labute approximate surface area is 166 Å². The number of ketones is 1. The van der Waals surface area contributed by atoms with Crippen LogP contribution in [0.5, 0.6) is 0 Å². The molecule has 1 amide bonds. The summed E-state index contributed by atoms with van der Waals surface area (Å²) in [4.78, 5) is 36.4. The minimum absolute atomic E-state index is 0.0141. The second-order valence-corrected chi connectivity index (χ2v) is 10.6. The number of hydrogen-bond acceptors (Lipinski definition) is 6. The van der Waals surface area contributed by atoms with Crippen molar-refractivity contribution in [2.75, 3.05) is 12.5 Å². The Morgan fingerprint density at radius 1 is 1.14 bits per heavy atom. The molecule has 0 fully saturated rings. The number of carbonyl (C=O) groups excluding carboxylic acids is 3. The molecule has 0 heterocycles. The Hall–Kier alpha value is -2.35. The standard InChI is InChI=1S/C20H29NO6S/c1-20(2,3)27-18(23)17(12-11-16(22)14-28(4,5)25)21-19(24)26-13-15-9-7-6-8-10-15/h6-10,14,17H,11-13H2,1-5H3,(H,21,24)/t17-/m0/s1. The zero-order chi connectivity index (χ0) is 21.4. The third-order valence-electron chi connectivity index (χ3n) is 3.29. The summed E-state index contributed by atoms with van der Waals surface area (Å²) >= 11 is 0. The van der Waals surface area contributed by atoms with Gasteiger partial charge >= 0.3 is 12.1 Å². The second kappa shape index (κ2) is 10.3. The third-order valence-corrected chi connectivity index (χ3v) is 4.12. The van der Waals surface area contributed by atoms with E-state index in [-0.39, 0.29) is 25.2 Å². The number of ether oxygens (including phenoxy) is 2. The summed E-state index contributed by atoms with van der Waals surface area (Å²) in [6.07, 6.45) is 2.08. The third kappa shape index (κ3) is 10.7. The van der Waals surface area contributed by atoms with Crippen molar-refractivity contribution in [2.24, 2.45) is 0 Å². The molecule has 1 atom stereocenters. The van der Waals surface area contributed by atoms with E-state index in [0.717, 1.165) is 10.9 Å². The summed E-state index contributed by atoms with van der Waals surface area (Å²) < 4.78 is 22.1. The van der Waals surface area contributed by atoms with Gasteiger partial charge in [-0.15, -0.1) is 0 Å². The molecule has 0 saturated carbocycles. The highest BCUT2D eigenvalue weighted by Gasteiger charge is 2.27. The Balaban J connectivity index is 2.73. The van der Waals surface area contributed by atoms with Crippen LogP contribution in [-0.4, -0.2) is 51.6 Å². The molecule has 0 aliphatic rings. The maximum absolute atomic E-state index is 12.4. The first-order valence-electron chi connectivity index (χ1n) is 8.87. The first kappa shape index (κ1) is 23.7.